The van der Waals surface area contributed by atoms with Gasteiger partial charge in [0.25, 0.3) is 15.9 Å². The summed E-state index contributed by atoms with van der Waals surface area (Å²) >= 11 is 5.86. The van der Waals surface area contributed by atoms with Gasteiger partial charge in [-0.15, -0.1) is 6.58 Å². The van der Waals surface area contributed by atoms with Crippen molar-refractivity contribution in [3.05, 3.63) is 71.8 Å². The van der Waals surface area contributed by atoms with E-state index in [-0.39, 0.29) is 17.0 Å². The molecule has 0 aromatic heterocycles. The van der Waals surface area contributed by atoms with Crippen LogP contribution in [0.2, 0.25) is 5.02 Å². The maximum absolute atomic E-state index is 13.2. The molecule has 2 N–H and O–H groups in total. The van der Waals surface area contributed by atoms with E-state index in [2.05, 4.69) is 11.9 Å². The zero-order chi connectivity index (χ0) is 23.9. The number of nitrogens with one attached hydrogen (secondary N) is 2. The number of rotatable bonds is 9. The van der Waals surface area contributed by atoms with Gasteiger partial charge in [0.15, 0.2) is 0 Å². The molecule has 0 saturated heterocycles. The topological polar surface area (TPSA) is 95.6 Å². The zero-order valence-corrected chi connectivity index (χ0v) is 18.1. The van der Waals surface area contributed by atoms with E-state index in [4.69, 9.17) is 11.6 Å². The van der Waals surface area contributed by atoms with Gasteiger partial charge in [-0.2, -0.15) is 13.2 Å². The Balaban J connectivity index is 2.19. The summed E-state index contributed by atoms with van der Waals surface area (Å²) in [4.78, 5) is 23.5. The molecule has 0 radical (unpaired) electrons. The summed E-state index contributed by atoms with van der Waals surface area (Å²) < 4.78 is 63.8. The number of anilines is 1. The van der Waals surface area contributed by atoms with Gasteiger partial charge in [-0.3, -0.25) is 13.9 Å². The molecule has 0 aliphatic carbocycles. The lowest BCUT2D eigenvalue weighted by atomic mass is 10.2. The Morgan fingerprint density at radius 2 is 1.75 bits per heavy atom. The van der Waals surface area contributed by atoms with Crippen molar-refractivity contribution < 1.29 is 31.2 Å². The molecule has 0 bridgehead atoms. The minimum Gasteiger partial charge on any atom is -0.345 e. The molecule has 0 aliphatic rings. The quantitative estimate of drug-likeness (QED) is 0.529. The maximum atomic E-state index is 13.2. The van der Waals surface area contributed by atoms with Gasteiger partial charge in [0.1, 0.15) is 6.54 Å². The molecular weight excluding hydrogens is 471 g/mol. The first-order valence-corrected chi connectivity index (χ1v) is 10.9. The number of benzene rings is 2. The van der Waals surface area contributed by atoms with Crippen LogP contribution < -0.4 is 14.9 Å². The third-order valence-corrected chi connectivity index (χ3v) is 6.03. The monoisotopic (exact) mass is 489 g/mol. The van der Waals surface area contributed by atoms with Crippen LogP contribution in [-0.4, -0.2) is 46.0 Å². The van der Waals surface area contributed by atoms with E-state index in [1.165, 1.54) is 48.5 Å². The fraction of sp³-hybridized carbons (Fsp3) is 0.200. The number of sulfonamides is 1. The van der Waals surface area contributed by atoms with E-state index < -0.39 is 41.1 Å². The molecule has 12 heteroatoms. The number of hydrogen-bond acceptors (Lipinski definition) is 4. The van der Waals surface area contributed by atoms with Crippen LogP contribution in [-0.2, 0) is 14.8 Å². The van der Waals surface area contributed by atoms with Crippen LogP contribution >= 0.6 is 11.6 Å². The molecule has 2 rings (SSSR count). The molecule has 32 heavy (non-hydrogen) atoms. The smallest absolute Gasteiger partial charge is 0.345 e. The predicted octanol–water partition coefficient (Wildman–Crippen LogP) is 3.13. The molecule has 0 fully saturated rings. The molecule has 0 heterocycles. The summed E-state index contributed by atoms with van der Waals surface area (Å²) in [6.45, 7) is 1.27. The van der Waals surface area contributed by atoms with Gasteiger partial charge in [-0.1, -0.05) is 23.7 Å². The van der Waals surface area contributed by atoms with Gasteiger partial charge in [0.05, 0.1) is 23.7 Å². The Hall–Kier alpha value is -3.05. The molecule has 172 valence electrons. The van der Waals surface area contributed by atoms with E-state index in [1.807, 2.05) is 0 Å². The zero-order valence-electron chi connectivity index (χ0n) is 16.5. The minimum atomic E-state index is -4.58. The highest BCUT2D eigenvalue weighted by molar-refractivity contribution is 7.92. The van der Waals surface area contributed by atoms with E-state index in [0.29, 0.717) is 10.7 Å². The van der Waals surface area contributed by atoms with Crippen LogP contribution in [0.25, 0.3) is 0 Å². The van der Waals surface area contributed by atoms with Crippen LogP contribution in [0.1, 0.15) is 10.4 Å². The molecule has 7 nitrogen and oxygen atoms in total. The molecule has 2 amide bonds. The highest BCUT2D eigenvalue weighted by Crippen LogP contribution is 2.25. The first kappa shape index (κ1) is 25.2. The largest absolute Gasteiger partial charge is 0.405 e. The van der Waals surface area contributed by atoms with Gasteiger partial charge in [-0.25, -0.2) is 8.42 Å². The van der Waals surface area contributed by atoms with Crippen molar-refractivity contribution in [3.63, 3.8) is 0 Å². The number of amides is 2. The first-order chi connectivity index (χ1) is 14.9. The Bertz CT molecular complexity index is 1090. The summed E-state index contributed by atoms with van der Waals surface area (Å²) in [7, 11) is -4.11. The van der Waals surface area contributed by atoms with Crippen molar-refractivity contribution in [2.75, 3.05) is 23.9 Å². The lowest BCUT2D eigenvalue weighted by Gasteiger charge is -2.23. The summed E-state index contributed by atoms with van der Waals surface area (Å²) in [6.07, 6.45) is -3.19. The number of alkyl halides is 3. The molecule has 0 unspecified atom stereocenters. The SMILES string of the molecule is C=CCN(c1ccc(Cl)cc1)S(=O)(=O)c1cccc(C(=O)NCC(=O)NCC(F)(F)F)c1. The first-order valence-electron chi connectivity index (χ1n) is 9.05. The molecule has 2 aromatic carbocycles. The lowest BCUT2D eigenvalue weighted by molar-refractivity contribution is -0.137. The summed E-state index contributed by atoms with van der Waals surface area (Å²) in [5.41, 5.74) is 0.231. The second kappa shape index (κ2) is 10.5. The number of hydrogen-bond donors (Lipinski definition) is 2. The number of carbonyl (C=O) groups is 2. The van der Waals surface area contributed by atoms with Crippen LogP contribution in [0.15, 0.2) is 66.1 Å². The normalized spacial score (nSPS) is 11.5. The summed E-state index contributed by atoms with van der Waals surface area (Å²) in [5, 5.41) is 4.18. The van der Waals surface area contributed by atoms with Crippen LogP contribution in [0.3, 0.4) is 0 Å². The van der Waals surface area contributed by atoms with Crippen molar-refractivity contribution >= 4 is 39.1 Å². The molecule has 0 aliphatic heterocycles. The second-order valence-electron chi connectivity index (χ2n) is 6.40. The van der Waals surface area contributed by atoms with Gasteiger partial charge in [0, 0.05) is 10.6 Å². The van der Waals surface area contributed by atoms with Crippen molar-refractivity contribution in [1.29, 1.82) is 0 Å². The second-order valence-corrected chi connectivity index (χ2v) is 8.70. The number of carbonyl (C=O) groups excluding carboxylic acids is 2. The Morgan fingerprint density at radius 1 is 1.09 bits per heavy atom. The highest BCUT2D eigenvalue weighted by Gasteiger charge is 2.28. The lowest BCUT2D eigenvalue weighted by Crippen LogP contribution is -2.40. The fourth-order valence-corrected chi connectivity index (χ4v) is 4.12. The van der Waals surface area contributed by atoms with Crippen LogP contribution in [0.5, 0.6) is 0 Å². The minimum absolute atomic E-state index is 0.0558. The summed E-state index contributed by atoms with van der Waals surface area (Å²) in [6, 6.07) is 11.1. The Labute approximate surface area is 187 Å². The third kappa shape index (κ3) is 6.99. The molecule has 0 spiro atoms. The van der Waals surface area contributed by atoms with Crippen molar-refractivity contribution in [2.45, 2.75) is 11.1 Å². The molecular formula is C20H19ClF3N3O4S. The fourth-order valence-electron chi connectivity index (χ4n) is 2.52. The number of nitrogens with zero attached hydrogens (tertiary/aromatic N) is 1. The summed E-state index contributed by atoms with van der Waals surface area (Å²) in [5.74, 6) is -1.87. The molecule has 2 aromatic rings. The van der Waals surface area contributed by atoms with E-state index in [1.54, 1.807) is 5.32 Å². The number of halogens is 4. The van der Waals surface area contributed by atoms with Gasteiger partial charge >= 0.3 is 6.18 Å². The molecule has 0 saturated carbocycles. The van der Waals surface area contributed by atoms with Crippen LogP contribution in [0.4, 0.5) is 18.9 Å². The Kier molecular flexibility index (Phi) is 8.28. The third-order valence-electron chi connectivity index (χ3n) is 3.99. The van der Waals surface area contributed by atoms with Gasteiger partial charge < -0.3 is 10.6 Å². The Morgan fingerprint density at radius 3 is 2.34 bits per heavy atom. The average Bonchev–Trinajstić information content (AvgIpc) is 2.74. The predicted molar refractivity (Wildman–Crippen MR) is 114 cm³/mol. The molecule has 0 atom stereocenters. The van der Waals surface area contributed by atoms with E-state index in [9.17, 15) is 31.2 Å². The highest BCUT2D eigenvalue weighted by atomic mass is 35.5. The van der Waals surface area contributed by atoms with Gasteiger partial charge in [-0.05, 0) is 42.5 Å². The van der Waals surface area contributed by atoms with Crippen molar-refractivity contribution in [2.24, 2.45) is 0 Å². The average molecular weight is 490 g/mol. The van der Waals surface area contributed by atoms with E-state index >= 15 is 0 Å². The van der Waals surface area contributed by atoms with E-state index in [0.717, 1.165) is 10.4 Å². The van der Waals surface area contributed by atoms with Crippen molar-refractivity contribution in [3.8, 4) is 0 Å². The standard InChI is InChI=1S/C20H19ClF3N3O4S/c1-2-10-27(16-8-6-15(21)7-9-16)32(30,31)17-5-3-4-14(11-17)19(29)25-12-18(28)26-13-20(22,23)24/h2-9,11H,1,10,12-13H2,(H,25,29)(H,26,28). The van der Waals surface area contributed by atoms with Gasteiger partial charge in [0.2, 0.25) is 5.91 Å². The maximum Gasteiger partial charge on any atom is 0.405 e. The van der Waals surface area contributed by atoms with Crippen molar-refractivity contribution in [1.82, 2.24) is 10.6 Å². The van der Waals surface area contributed by atoms with Crippen LogP contribution in [0, 0.1) is 0 Å².